The number of amidine groups is 1. The fourth-order valence-electron chi connectivity index (χ4n) is 3.11. The van der Waals surface area contributed by atoms with Crippen LogP contribution in [-0.4, -0.2) is 29.7 Å². The number of aliphatic imine (C=N–C) groups is 1. The van der Waals surface area contributed by atoms with E-state index in [9.17, 15) is 14.0 Å². The van der Waals surface area contributed by atoms with Crippen LogP contribution in [0, 0.1) is 5.82 Å². The molecule has 0 saturated heterocycles. The number of amides is 1. The molecule has 3 aromatic rings. The highest BCUT2D eigenvalue weighted by Crippen LogP contribution is 2.29. The standard InChI is InChI=1S/C25H19FN2O3S/c1-31-21-13-9-18(10-14-21)23(29)16-32-25-27-22(15-17-7-11-19(26)12-8-17)24(30)28(25)20-5-3-2-4-6-20/h2-15H,16H2,1H3/b22-15-. The number of benzene rings is 3. The topological polar surface area (TPSA) is 59.0 Å². The van der Waals surface area contributed by atoms with Crippen molar-refractivity contribution in [3.63, 3.8) is 0 Å². The molecule has 0 aliphatic carbocycles. The second-order valence-corrected chi connectivity index (χ2v) is 7.83. The highest BCUT2D eigenvalue weighted by molar-refractivity contribution is 8.14. The van der Waals surface area contributed by atoms with Gasteiger partial charge in [-0.3, -0.25) is 14.5 Å². The second-order valence-electron chi connectivity index (χ2n) is 6.89. The number of methoxy groups -OCH3 is 1. The zero-order valence-electron chi connectivity index (χ0n) is 17.2. The zero-order valence-corrected chi connectivity index (χ0v) is 18.0. The van der Waals surface area contributed by atoms with Crippen molar-refractivity contribution in [2.24, 2.45) is 4.99 Å². The van der Waals surface area contributed by atoms with Crippen molar-refractivity contribution in [2.75, 3.05) is 17.8 Å². The normalized spacial score (nSPS) is 14.6. The third-order valence-corrected chi connectivity index (χ3v) is 5.70. The van der Waals surface area contributed by atoms with E-state index in [-0.39, 0.29) is 29.0 Å². The summed E-state index contributed by atoms with van der Waals surface area (Å²) in [5.41, 5.74) is 2.09. The van der Waals surface area contributed by atoms with E-state index in [0.29, 0.717) is 27.7 Å². The van der Waals surface area contributed by atoms with Crippen molar-refractivity contribution in [1.82, 2.24) is 0 Å². The van der Waals surface area contributed by atoms with Crippen LogP contribution in [0.15, 0.2) is 89.6 Å². The minimum atomic E-state index is -0.354. The first-order valence-electron chi connectivity index (χ1n) is 9.80. The van der Waals surface area contributed by atoms with Gasteiger partial charge in [-0.15, -0.1) is 0 Å². The summed E-state index contributed by atoms with van der Waals surface area (Å²) in [5, 5.41) is 0.413. The molecule has 0 fully saturated rings. The molecule has 1 amide bonds. The number of carbonyl (C=O) groups is 2. The molecule has 1 heterocycles. The zero-order chi connectivity index (χ0) is 22.5. The van der Waals surface area contributed by atoms with E-state index < -0.39 is 0 Å². The molecule has 0 spiro atoms. The molecule has 0 N–H and O–H groups in total. The van der Waals surface area contributed by atoms with Crippen LogP contribution in [0.1, 0.15) is 15.9 Å². The average Bonchev–Trinajstić information content (AvgIpc) is 3.14. The predicted octanol–water partition coefficient (Wildman–Crippen LogP) is 5.19. The molecule has 7 heteroatoms. The summed E-state index contributed by atoms with van der Waals surface area (Å²) in [5.74, 6) is 0.0427. The first kappa shape index (κ1) is 21.5. The lowest BCUT2D eigenvalue weighted by molar-refractivity contribution is -0.113. The number of ketones is 1. The third-order valence-electron chi connectivity index (χ3n) is 4.76. The summed E-state index contributed by atoms with van der Waals surface area (Å²) >= 11 is 1.19. The van der Waals surface area contributed by atoms with Crippen molar-refractivity contribution in [3.05, 3.63) is 102 Å². The lowest BCUT2D eigenvalue weighted by atomic mass is 10.1. The largest absolute Gasteiger partial charge is 0.497 e. The number of Topliss-reactive ketones (excluding diaryl/α,β-unsaturated/α-hetero) is 1. The van der Waals surface area contributed by atoms with E-state index in [0.717, 1.165) is 0 Å². The summed E-state index contributed by atoms with van der Waals surface area (Å²) in [6, 6.07) is 21.8. The smallest absolute Gasteiger partial charge is 0.283 e. The van der Waals surface area contributed by atoms with Crippen molar-refractivity contribution >= 4 is 40.4 Å². The van der Waals surface area contributed by atoms with Crippen LogP contribution in [-0.2, 0) is 4.79 Å². The van der Waals surface area contributed by atoms with E-state index in [4.69, 9.17) is 4.74 Å². The summed E-state index contributed by atoms with van der Waals surface area (Å²) in [4.78, 5) is 31.8. The summed E-state index contributed by atoms with van der Waals surface area (Å²) in [7, 11) is 1.57. The van der Waals surface area contributed by atoms with Gasteiger partial charge < -0.3 is 4.74 Å². The van der Waals surface area contributed by atoms with Crippen molar-refractivity contribution in [1.29, 1.82) is 0 Å². The number of rotatable bonds is 6. The highest BCUT2D eigenvalue weighted by Gasteiger charge is 2.32. The first-order chi connectivity index (χ1) is 15.5. The maximum absolute atomic E-state index is 13.2. The molecule has 160 valence electrons. The molecule has 1 aliphatic heterocycles. The van der Waals surface area contributed by atoms with Gasteiger partial charge in [0.2, 0.25) is 0 Å². The fraction of sp³-hybridized carbons (Fsp3) is 0.0800. The van der Waals surface area contributed by atoms with Gasteiger partial charge in [-0.05, 0) is 60.2 Å². The minimum Gasteiger partial charge on any atom is -0.497 e. The molecule has 1 aliphatic rings. The number of thioether (sulfide) groups is 1. The van der Waals surface area contributed by atoms with Gasteiger partial charge in [-0.1, -0.05) is 42.1 Å². The average molecular weight is 447 g/mol. The summed E-state index contributed by atoms with van der Waals surface area (Å²) < 4.78 is 18.3. The van der Waals surface area contributed by atoms with Gasteiger partial charge in [0, 0.05) is 5.56 Å². The Labute approximate surface area is 189 Å². The number of halogens is 1. The Morgan fingerprint density at radius 2 is 1.72 bits per heavy atom. The van der Waals surface area contributed by atoms with Crippen LogP contribution in [0.5, 0.6) is 5.75 Å². The Kier molecular flexibility index (Phi) is 6.47. The highest BCUT2D eigenvalue weighted by atomic mass is 32.2. The van der Waals surface area contributed by atoms with Crippen LogP contribution in [0.2, 0.25) is 0 Å². The molecule has 0 aromatic heterocycles. The van der Waals surface area contributed by atoms with E-state index in [2.05, 4.69) is 4.99 Å². The van der Waals surface area contributed by atoms with Gasteiger partial charge in [-0.25, -0.2) is 9.38 Å². The quantitative estimate of drug-likeness (QED) is 0.386. The lowest BCUT2D eigenvalue weighted by Crippen LogP contribution is -2.30. The van der Waals surface area contributed by atoms with Crippen LogP contribution in [0.25, 0.3) is 6.08 Å². The number of nitrogens with zero attached hydrogens (tertiary/aromatic N) is 2. The van der Waals surface area contributed by atoms with E-state index >= 15 is 0 Å². The number of hydrogen-bond acceptors (Lipinski definition) is 5. The molecule has 5 nitrogen and oxygen atoms in total. The van der Waals surface area contributed by atoms with Gasteiger partial charge >= 0.3 is 0 Å². The Hall–Kier alpha value is -3.71. The van der Waals surface area contributed by atoms with Crippen molar-refractivity contribution in [2.45, 2.75) is 0 Å². The summed E-state index contributed by atoms with van der Waals surface area (Å²) in [6.07, 6.45) is 1.61. The number of anilines is 1. The Bertz CT molecular complexity index is 1190. The molecule has 0 radical (unpaired) electrons. The number of hydrogen-bond donors (Lipinski definition) is 0. The molecular weight excluding hydrogens is 427 g/mol. The first-order valence-corrected chi connectivity index (χ1v) is 10.8. The third kappa shape index (κ3) is 4.78. The number of para-hydroxylation sites is 1. The van der Waals surface area contributed by atoms with E-state index in [1.54, 1.807) is 61.7 Å². The minimum absolute atomic E-state index is 0.0863. The molecule has 4 rings (SSSR count). The summed E-state index contributed by atoms with van der Waals surface area (Å²) in [6.45, 7) is 0. The van der Waals surface area contributed by atoms with E-state index in [1.807, 2.05) is 18.2 Å². The molecule has 0 atom stereocenters. The SMILES string of the molecule is COc1ccc(C(=O)CSC2=N/C(=C\c3ccc(F)cc3)C(=O)N2c2ccccc2)cc1. The molecule has 3 aromatic carbocycles. The Balaban J connectivity index is 1.59. The molecule has 0 bridgehead atoms. The van der Waals surface area contributed by atoms with Crippen molar-refractivity contribution < 1.29 is 18.7 Å². The molecule has 0 unspecified atom stereocenters. The van der Waals surface area contributed by atoms with Gasteiger partial charge in [0.1, 0.15) is 17.3 Å². The molecule has 32 heavy (non-hydrogen) atoms. The van der Waals surface area contributed by atoms with Gasteiger partial charge in [-0.2, -0.15) is 0 Å². The van der Waals surface area contributed by atoms with Crippen LogP contribution >= 0.6 is 11.8 Å². The van der Waals surface area contributed by atoms with Crippen molar-refractivity contribution in [3.8, 4) is 5.75 Å². The fourth-order valence-corrected chi connectivity index (χ4v) is 4.01. The van der Waals surface area contributed by atoms with Gasteiger partial charge in [0.05, 0.1) is 18.6 Å². The monoisotopic (exact) mass is 446 g/mol. The van der Waals surface area contributed by atoms with Crippen LogP contribution in [0.4, 0.5) is 10.1 Å². The Morgan fingerprint density at radius 3 is 2.38 bits per heavy atom. The maximum Gasteiger partial charge on any atom is 0.283 e. The maximum atomic E-state index is 13.2. The van der Waals surface area contributed by atoms with Gasteiger partial charge in [0.15, 0.2) is 11.0 Å². The van der Waals surface area contributed by atoms with Crippen LogP contribution < -0.4 is 9.64 Å². The van der Waals surface area contributed by atoms with E-state index in [1.165, 1.54) is 28.8 Å². The number of ether oxygens (including phenoxy) is 1. The molecular formula is C25H19FN2O3S. The van der Waals surface area contributed by atoms with Gasteiger partial charge in [0.25, 0.3) is 5.91 Å². The Morgan fingerprint density at radius 1 is 1.03 bits per heavy atom. The van der Waals surface area contributed by atoms with Crippen LogP contribution in [0.3, 0.4) is 0 Å². The lowest BCUT2D eigenvalue weighted by Gasteiger charge is -2.17. The number of carbonyl (C=O) groups excluding carboxylic acids is 2. The molecule has 0 saturated carbocycles. The predicted molar refractivity (Wildman–Crippen MR) is 126 cm³/mol. The second kappa shape index (κ2) is 9.62.